The van der Waals surface area contributed by atoms with Gasteiger partial charge in [-0.2, -0.15) is 0 Å². The highest BCUT2D eigenvalue weighted by atomic mass is 32.2. The summed E-state index contributed by atoms with van der Waals surface area (Å²) < 4.78 is 2.06. The van der Waals surface area contributed by atoms with Gasteiger partial charge in [0.05, 0.1) is 12.3 Å². The van der Waals surface area contributed by atoms with Crippen LogP contribution in [0.15, 0.2) is 35.5 Å². The van der Waals surface area contributed by atoms with Crippen molar-refractivity contribution in [3.8, 4) is 0 Å². The number of carbonyl (C=O) groups excluding carboxylic acids is 1. The molecule has 0 saturated heterocycles. The van der Waals surface area contributed by atoms with Crippen molar-refractivity contribution in [2.75, 3.05) is 5.75 Å². The number of aliphatic carboxylic acids is 1. The van der Waals surface area contributed by atoms with Crippen molar-refractivity contribution in [1.29, 1.82) is 0 Å². The second kappa shape index (κ2) is 7.49. The molecule has 7 nitrogen and oxygen atoms in total. The molecule has 1 fully saturated rings. The van der Waals surface area contributed by atoms with E-state index in [2.05, 4.69) is 20.1 Å². The summed E-state index contributed by atoms with van der Waals surface area (Å²) in [4.78, 5) is 23.2. The highest BCUT2D eigenvalue weighted by molar-refractivity contribution is 7.99. The molecule has 1 aromatic carbocycles. The van der Waals surface area contributed by atoms with Crippen LogP contribution in [-0.4, -0.2) is 43.0 Å². The first kappa shape index (κ1) is 18.4. The minimum Gasteiger partial charge on any atom is -0.480 e. The predicted octanol–water partition coefficient (Wildman–Crippen LogP) is 2.28. The van der Waals surface area contributed by atoms with Crippen LogP contribution in [0.2, 0.25) is 0 Å². The number of carbonyl (C=O) groups is 2. The van der Waals surface area contributed by atoms with E-state index < -0.39 is 11.5 Å². The van der Waals surface area contributed by atoms with Crippen molar-refractivity contribution in [3.05, 3.63) is 41.7 Å². The number of carboxylic acids is 1. The van der Waals surface area contributed by atoms with E-state index in [-0.39, 0.29) is 11.7 Å². The molecule has 8 heteroatoms. The lowest BCUT2D eigenvalue weighted by molar-refractivity contribution is -0.145. The second-order valence-electron chi connectivity index (χ2n) is 6.95. The smallest absolute Gasteiger partial charge is 0.328 e. The minimum atomic E-state index is -1.30. The van der Waals surface area contributed by atoms with Crippen molar-refractivity contribution in [3.63, 3.8) is 0 Å². The number of nitrogens with one attached hydrogen (secondary N) is 1. The fraction of sp³-hybridized carbons (Fsp3) is 0.444. The largest absolute Gasteiger partial charge is 0.480 e. The number of hydrogen-bond donors (Lipinski definition) is 2. The summed E-state index contributed by atoms with van der Waals surface area (Å²) in [6.07, 6.45) is 2.23. The SMILES string of the molecule is CC(C)(NC(=O)CSc1nnc(C2CC2)n1Cc1ccccc1)C(=O)O. The van der Waals surface area contributed by atoms with Gasteiger partial charge in [0.2, 0.25) is 5.91 Å². The normalized spacial score (nSPS) is 14.2. The third-order valence-corrected chi connectivity index (χ3v) is 5.16. The predicted molar refractivity (Wildman–Crippen MR) is 98.1 cm³/mol. The molecular weight excluding hydrogens is 352 g/mol. The van der Waals surface area contributed by atoms with Crippen molar-refractivity contribution >= 4 is 23.6 Å². The summed E-state index contributed by atoms with van der Waals surface area (Å²) in [5.74, 6) is 0.0839. The maximum atomic E-state index is 12.1. The van der Waals surface area contributed by atoms with Gasteiger partial charge in [-0.3, -0.25) is 4.79 Å². The molecule has 0 bridgehead atoms. The Hall–Kier alpha value is -2.35. The molecule has 1 aromatic heterocycles. The maximum Gasteiger partial charge on any atom is 0.328 e. The lowest BCUT2D eigenvalue weighted by Gasteiger charge is -2.20. The maximum absolute atomic E-state index is 12.1. The van der Waals surface area contributed by atoms with Gasteiger partial charge in [-0.25, -0.2) is 4.79 Å². The van der Waals surface area contributed by atoms with Gasteiger partial charge in [-0.05, 0) is 32.3 Å². The molecular formula is C18H22N4O3S. The second-order valence-corrected chi connectivity index (χ2v) is 7.90. The first-order valence-electron chi connectivity index (χ1n) is 8.51. The molecule has 1 aliphatic rings. The third kappa shape index (κ3) is 4.43. The van der Waals surface area contributed by atoms with Crippen molar-refractivity contribution in [2.24, 2.45) is 0 Å². The molecule has 1 saturated carbocycles. The Balaban J connectivity index is 1.70. The Morgan fingerprint density at radius 1 is 1.27 bits per heavy atom. The van der Waals surface area contributed by atoms with E-state index in [1.807, 2.05) is 30.3 Å². The molecule has 2 aromatic rings. The summed E-state index contributed by atoms with van der Waals surface area (Å²) in [5.41, 5.74) is -0.151. The first-order chi connectivity index (χ1) is 12.4. The van der Waals surface area contributed by atoms with Gasteiger partial charge >= 0.3 is 5.97 Å². The fourth-order valence-electron chi connectivity index (χ4n) is 2.53. The van der Waals surface area contributed by atoms with Crippen molar-refractivity contribution < 1.29 is 14.7 Å². The molecule has 2 N–H and O–H groups in total. The number of carboxylic acid groups (broad SMARTS) is 1. The zero-order valence-electron chi connectivity index (χ0n) is 14.8. The lowest BCUT2D eigenvalue weighted by Crippen LogP contribution is -2.50. The van der Waals surface area contributed by atoms with E-state index in [4.69, 9.17) is 5.11 Å². The summed E-state index contributed by atoms with van der Waals surface area (Å²) >= 11 is 1.28. The highest BCUT2D eigenvalue weighted by Gasteiger charge is 2.31. The van der Waals surface area contributed by atoms with Gasteiger partial charge in [-0.15, -0.1) is 10.2 Å². The van der Waals surface area contributed by atoms with Crippen molar-refractivity contribution in [1.82, 2.24) is 20.1 Å². The number of nitrogens with zero attached hydrogens (tertiary/aromatic N) is 3. The number of thioether (sulfide) groups is 1. The van der Waals surface area contributed by atoms with Gasteiger partial charge in [0.15, 0.2) is 5.16 Å². The summed E-state index contributed by atoms with van der Waals surface area (Å²) in [7, 11) is 0. The van der Waals surface area contributed by atoms with Crippen LogP contribution >= 0.6 is 11.8 Å². The van der Waals surface area contributed by atoms with Crippen LogP contribution in [0.3, 0.4) is 0 Å². The van der Waals surface area contributed by atoms with E-state index >= 15 is 0 Å². The molecule has 1 aliphatic carbocycles. The van der Waals surface area contributed by atoms with E-state index in [0.29, 0.717) is 17.6 Å². The number of amides is 1. The standard InChI is InChI=1S/C18H22N4O3S/c1-18(2,16(24)25)19-14(23)11-26-17-21-20-15(13-8-9-13)22(17)10-12-6-4-3-5-7-12/h3-7,13H,8-11H2,1-2H3,(H,19,23)(H,24,25). The number of rotatable bonds is 8. The van der Waals surface area contributed by atoms with E-state index in [1.54, 1.807) is 0 Å². The van der Waals surface area contributed by atoms with Gasteiger partial charge in [0, 0.05) is 5.92 Å². The van der Waals surface area contributed by atoms with Crippen LogP contribution in [0.25, 0.3) is 0 Å². The monoisotopic (exact) mass is 374 g/mol. The van der Waals surface area contributed by atoms with E-state index in [1.165, 1.54) is 25.6 Å². The van der Waals surface area contributed by atoms with Crippen LogP contribution in [0, 0.1) is 0 Å². The molecule has 0 spiro atoms. The lowest BCUT2D eigenvalue weighted by atomic mass is 10.1. The fourth-order valence-corrected chi connectivity index (χ4v) is 3.28. The molecule has 1 amide bonds. The molecule has 0 atom stereocenters. The quantitative estimate of drug-likeness (QED) is 0.688. The third-order valence-electron chi connectivity index (χ3n) is 4.19. The van der Waals surface area contributed by atoms with Crippen molar-refractivity contribution in [2.45, 2.75) is 49.8 Å². The zero-order chi connectivity index (χ0) is 18.7. The topological polar surface area (TPSA) is 97.1 Å². The molecule has 0 aliphatic heterocycles. The van der Waals surface area contributed by atoms with Gasteiger partial charge in [0.1, 0.15) is 11.4 Å². The molecule has 3 rings (SSSR count). The highest BCUT2D eigenvalue weighted by Crippen LogP contribution is 2.40. The minimum absolute atomic E-state index is 0.0916. The van der Waals surface area contributed by atoms with Gasteiger partial charge in [0.25, 0.3) is 0 Å². The number of hydrogen-bond acceptors (Lipinski definition) is 5. The van der Waals surface area contributed by atoms with Crippen LogP contribution in [-0.2, 0) is 16.1 Å². The van der Waals surface area contributed by atoms with Crippen LogP contribution in [0.5, 0.6) is 0 Å². The Morgan fingerprint density at radius 3 is 2.58 bits per heavy atom. The van der Waals surface area contributed by atoms with Crippen LogP contribution < -0.4 is 5.32 Å². The van der Waals surface area contributed by atoms with Gasteiger partial charge in [-0.1, -0.05) is 42.1 Å². The Labute approximate surface area is 156 Å². The van der Waals surface area contributed by atoms with E-state index in [9.17, 15) is 9.59 Å². The Kier molecular flexibility index (Phi) is 5.31. The molecule has 0 unspecified atom stereocenters. The van der Waals surface area contributed by atoms with Gasteiger partial charge < -0.3 is 15.0 Å². The molecule has 1 heterocycles. The Morgan fingerprint density at radius 2 is 1.96 bits per heavy atom. The average molecular weight is 374 g/mol. The first-order valence-corrected chi connectivity index (χ1v) is 9.49. The van der Waals surface area contributed by atoms with Crippen LogP contribution in [0.1, 0.15) is 44.0 Å². The average Bonchev–Trinajstić information content (AvgIpc) is 3.36. The Bertz CT molecular complexity index is 800. The zero-order valence-corrected chi connectivity index (χ0v) is 15.6. The number of benzene rings is 1. The van der Waals surface area contributed by atoms with E-state index in [0.717, 1.165) is 24.2 Å². The molecule has 26 heavy (non-hydrogen) atoms. The summed E-state index contributed by atoms with van der Waals surface area (Å²) in [6, 6.07) is 10.1. The van der Waals surface area contributed by atoms with Crippen LogP contribution in [0.4, 0.5) is 0 Å². The summed E-state index contributed by atoms with van der Waals surface area (Å²) in [6.45, 7) is 3.58. The molecule has 0 radical (unpaired) electrons. The molecule has 138 valence electrons. The number of aromatic nitrogens is 3. The summed E-state index contributed by atoms with van der Waals surface area (Å²) in [5, 5.41) is 20.9.